The van der Waals surface area contributed by atoms with Gasteiger partial charge in [0.1, 0.15) is 0 Å². The van der Waals surface area contributed by atoms with Gasteiger partial charge in [0.2, 0.25) is 0 Å². The van der Waals surface area contributed by atoms with Crippen LogP contribution in [-0.2, 0) is 6.42 Å². The molecule has 0 aliphatic rings. The van der Waals surface area contributed by atoms with E-state index in [1.165, 1.54) is 5.56 Å². The Hall–Kier alpha value is -1.78. The summed E-state index contributed by atoms with van der Waals surface area (Å²) in [4.78, 5) is 11.0. The molecule has 0 fully saturated rings. The summed E-state index contributed by atoms with van der Waals surface area (Å²) >= 11 is 5.85. The molecule has 0 atom stereocenters. The summed E-state index contributed by atoms with van der Waals surface area (Å²) in [5, 5.41) is 9.29. The molecule has 3 N–H and O–H groups in total. The molecule has 4 nitrogen and oxygen atoms in total. The summed E-state index contributed by atoms with van der Waals surface area (Å²) < 4.78 is 1.88. The van der Waals surface area contributed by atoms with Crippen molar-refractivity contribution < 1.29 is 9.90 Å². The van der Waals surface area contributed by atoms with E-state index < -0.39 is 5.97 Å². The standard InChI is InChI=1S/C14H15ClN2O2/c15-13-4-3-11(8-12(13)14(18)19)17-7-5-10(9-17)2-1-6-16/h3-5,7-9H,1-2,6,16H2,(H,18,19). The molecular formula is C14H15ClN2O2. The van der Waals surface area contributed by atoms with E-state index >= 15 is 0 Å². The van der Waals surface area contributed by atoms with E-state index in [1.807, 2.05) is 23.0 Å². The third-order valence-electron chi connectivity index (χ3n) is 2.90. The van der Waals surface area contributed by atoms with Crippen LogP contribution in [0.4, 0.5) is 0 Å². The molecule has 0 saturated heterocycles. The first-order valence-corrected chi connectivity index (χ1v) is 6.40. The van der Waals surface area contributed by atoms with Crippen LogP contribution in [0, 0.1) is 0 Å². The zero-order chi connectivity index (χ0) is 13.8. The van der Waals surface area contributed by atoms with Gasteiger partial charge in [0, 0.05) is 18.1 Å². The smallest absolute Gasteiger partial charge is 0.337 e. The second-order valence-corrected chi connectivity index (χ2v) is 4.70. The SMILES string of the molecule is NCCCc1ccn(-c2ccc(Cl)c(C(=O)O)c2)c1. The maximum absolute atomic E-state index is 11.0. The number of carboxylic acid groups (broad SMARTS) is 1. The number of aryl methyl sites for hydroxylation is 1. The molecule has 5 heteroatoms. The lowest BCUT2D eigenvalue weighted by Gasteiger charge is -2.05. The van der Waals surface area contributed by atoms with Gasteiger partial charge >= 0.3 is 5.97 Å². The highest BCUT2D eigenvalue weighted by molar-refractivity contribution is 6.33. The van der Waals surface area contributed by atoms with Gasteiger partial charge in [-0.1, -0.05) is 11.6 Å². The average Bonchev–Trinajstić information content (AvgIpc) is 2.85. The Kier molecular flexibility index (Phi) is 4.24. The predicted octanol–water partition coefficient (Wildman–Crippen LogP) is 2.72. The van der Waals surface area contributed by atoms with Crippen molar-refractivity contribution in [3.05, 3.63) is 52.8 Å². The Labute approximate surface area is 116 Å². The molecule has 0 bridgehead atoms. The van der Waals surface area contributed by atoms with Gasteiger partial charge in [-0.05, 0) is 49.2 Å². The van der Waals surface area contributed by atoms with Crippen molar-refractivity contribution >= 4 is 17.6 Å². The molecule has 1 aromatic heterocycles. The fourth-order valence-corrected chi connectivity index (χ4v) is 2.09. The lowest BCUT2D eigenvalue weighted by Crippen LogP contribution is -2.01. The Morgan fingerprint density at radius 2 is 2.16 bits per heavy atom. The van der Waals surface area contributed by atoms with E-state index in [0.29, 0.717) is 6.54 Å². The van der Waals surface area contributed by atoms with Crippen LogP contribution in [0.1, 0.15) is 22.3 Å². The molecule has 1 heterocycles. The summed E-state index contributed by atoms with van der Waals surface area (Å²) in [6, 6.07) is 6.96. The van der Waals surface area contributed by atoms with Crippen molar-refractivity contribution in [1.29, 1.82) is 0 Å². The average molecular weight is 279 g/mol. The van der Waals surface area contributed by atoms with Crippen molar-refractivity contribution in [2.24, 2.45) is 5.73 Å². The van der Waals surface area contributed by atoms with Crippen LogP contribution in [-0.4, -0.2) is 22.2 Å². The van der Waals surface area contributed by atoms with Gasteiger partial charge < -0.3 is 15.4 Å². The Morgan fingerprint density at radius 3 is 2.84 bits per heavy atom. The van der Waals surface area contributed by atoms with Crippen LogP contribution >= 0.6 is 11.6 Å². The number of nitrogens with zero attached hydrogens (tertiary/aromatic N) is 1. The fourth-order valence-electron chi connectivity index (χ4n) is 1.89. The van der Waals surface area contributed by atoms with Gasteiger partial charge in [-0.3, -0.25) is 0 Å². The molecule has 19 heavy (non-hydrogen) atoms. The summed E-state index contributed by atoms with van der Waals surface area (Å²) in [6.45, 7) is 0.662. The molecule has 0 amide bonds. The zero-order valence-corrected chi connectivity index (χ0v) is 11.1. The van der Waals surface area contributed by atoms with Gasteiger partial charge in [0.25, 0.3) is 0 Å². The molecule has 0 saturated carbocycles. The molecule has 0 aliphatic carbocycles. The minimum absolute atomic E-state index is 0.108. The summed E-state index contributed by atoms with van der Waals surface area (Å²) in [5.74, 6) is -1.03. The highest BCUT2D eigenvalue weighted by atomic mass is 35.5. The van der Waals surface area contributed by atoms with Crippen LogP contribution in [0.25, 0.3) is 5.69 Å². The first-order valence-electron chi connectivity index (χ1n) is 6.02. The molecule has 1 aromatic carbocycles. The summed E-state index contributed by atoms with van der Waals surface area (Å²) in [7, 11) is 0. The second-order valence-electron chi connectivity index (χ2n) is 4.29. The van der Waals surface area contributed by atoms with Crippen LogP contribution < -0.4 is 5.73 Å². The fraction of sp³-hybridized carbons (Fsp3) is 0.214. The number of aromatic nitrogens is 1. The largest absolute Gasteiger partial charge is 0.478 e. The van der Waals surface area contributed by atoms with Gasteiger partial charge in [0.05, 0.1) is 10.6 Å². The van der Waals surface area contributed by atoms with Gasteiger partial charge in [-0.2, -0.15) is 0 Å². The van der Waals surface area contributed by atoms with Crippen molar-refractivity contribution in [1.82, 2.24) is 4.57 Å². The van der Waals surface area contributed by atoms with Gasteiger partial charge in [-0.25, -0.2) is 4.79 Å². The van der Waals surface area contributed by atoms with Crippen LogP contribution in [0.2, 0.25) is 5.02 Å². The predicted molar refractivity (Wildman–Crippen MR) is 75.1 cm³/mol. The number of aromatic carboxylic acids is 1. The Morgan fingerprint density at radius 1 is 1.37 bits per heavy atom. The second kappa shape index (κ2) is 5.91. The molecule has 0 unspecified atom stereocenters. The number of hydrogen-bond acceptors (Lipinski definition) is 2. The molecule has 0 radical (unpaired) electrons. The molecule has 0 spiro atoms. The highest BCUT2D eigenvalue weighted by Crippen LogP contribution is 2.21. The zero-order valence-electron chi connectivity index (χ0n) is 10.3. The monoisotopic (exact) mass is 278 g/mol. The van der Waals surface area contributed by atoms with Crippen LogP contribution in [0.15, 0.2) is 36.7 Å². The van der Waals surface area contributed by atoms with Crippen molar-refractivity contribution in [2.45, 2.75) is 12.8 Å². The first kappa shape index (κ1) is 13.6. The number of carbonyl (C=O) groups is 1. The van der Waals surface area contributed by atoms with E-state index in [0.717, 1.165) is 18.5 Å². The quantitative estimate of drug-likeness (QED) is 0.883. The van der Waals surface area contributed by atoms with Gasteiger partial charge in [0.15, 0.2) is 0 Å². The van der Waals surface area contributed by atoms with Gasteiger partial charge in [-0.15, -0.1) is 0 Å². The number of rotatable bonds is 5. The molecule has 2 aromatic rings. The van der Waals surface area contributed by atoms with Crippen molar-refractivity contribution in [2.75, 3.05) is 6.54 Å². The lowest BCUT2D eigenvalue weighted by molar-refractivity contribution is 0.0697. The Bertz CT molecular complexity index is 593. The highest BCUT2D eigenvalue weighted by Gasteiger charge is 2.10. The van der Waals surface area contributed by atoms with E-state index in [4.69, 9.17) is 22.4 Å². The first-order chi connectivity index (χ1) is 9.11. The number of carboxylic acids is 1. The van der Waals surface area contributed by atoms with E-state index in [1.54, 1.807) is 18.2 Å². The number of halogens is 1. The number of nitrogens with two attached hydrogens (primary N) is 1. The third kappa shape index (κ3) is 3.16. The van der Waals surface area contributed by atoms with E-state index in [-0.39, 0.29) is 10.6 Å². The third-order valence-corrected chi connectivity index (χ3v) is 3.23. The van der Waals surface area contributed by atoms with E-state index in [2.05, 4.69) is 0 Å². The van der Waals surface area contributed by atoms with Crippen LogP contribution in [0.5, 0.6) is 0 Å². The summed E-state index contributed by atoms with van der Waals surface area (Å²) in [6.07, 6.45) is 5.74. The molecule has 0 aliphatic heterocycles. The minimum Gasteiger partial charge on any atom is -0.478 e. The number of benzene rings is 1. The minimum atomic E-state index is -1.03. The molecule has 100 valence electrons. The maximum Gasteiger partial charge on any atom is 0.337 e. The topological polar surface area (TPSA) is 68.2 Å². The number of hydrogen-bond donors (Lipinski definition) is 2. The molecule has 2 rings (SSSR count). The Balaban J connectivity index is 2.29. The van der Waals surface area contributed by atoms with E-state index in [9.17, 15) is 4.79 Å². The summed E-state index contributed by atoms with van der Waals surface area (Å²) in [5.41, 5.74) is 7.54. The van der Waals surface area contributed by atoms with Crippen molar-refractivity contribution in [3.8, 4) is 5.69 Å². The lowest BCUT2D eigenvalue weighted by atomic mass is 10.2. The van der Waals surface area contributed by atoms with Crippen LogP contribution in [0.3, 0.4) is 0 Å². The maximum atomic E-state index is 11.0. The molecular weight excluding hydrogens is 264 g/mol. The van der Waals surface area contributed by atoms with Crippen molar-refractivity contribution in [3.63, 3.8) is 0 Å². The normalized spacial score (nSPS) is 10.6.